The lowest BCUT2D eigenvalue weighted by Gasteiger charge is -2.05. The summed E-state index contributed by atoms with van der Waals surface area (Å²) < 4.78 is 0. The Balaban J connectivity index is 1.97. The minimum absolute atomic E-state index is 0.101. The average Bonchev–Trinajstić information content (AvgIpc) is 2.40. The zero-order valence-corrected chi connectivity index (χ0v) is 9.45. The number of nitrogens with one attached hydrogen (secondary N) is 1. The summed E-state index contributed by atoms with van der Waals surface area (Å²) in [5.74, 6) is -1.04. The van der Waals surface area contributed by atoms with Gasteiger partial charge in [0, 0.05) is 25.5 Å². The highest BCUT2D eigenvalue weighted by Gasteiger charge is 2.10. The van der Waals surface area contributed by atoms with Crippen molar-refractivity contribution in [1.82, 2.24) is 25.5 Å². The third-order valence-corrected chi connectivity index (χ3v) is 2.25. The van der Waals surface area contributed by atoms with Gasteiger partial charge >= 0.3 is 5.97 Å². The SMILES string of the molecule is O=C(O)c1cncnc1CNCc1cccnn1. The number of aromatic carboxylic acids is 1. The fourth-order valence-electron chi connectivity index (χ4n) is 1.41. The van der Waals surface area contributed by atoms with E-state index in [-0.39, 0.29) is 5.56 Å². The maximum Gasteiger partial charge on any atom is 0.339 e. The van der Waals surface area contributed by atoms with Crippen molar-refractivity contribution in [2.75, 3.05) is 0 Å². The highest BCUT2D eigenvalue weighted by atomic mass is 16.4. The molecule has 0 aliphatic carbocycles. The second-order valence-corrected chi connectivity index (χ2v) is 3.51. The first-order valence-electron chi connectivity index (χ1n) is 5.27. The third-order valence-electron chi connectivity index (χ3n) is 2.25. The first-order valence-corrected chi connectivity index (χ1v) is 5.27. The van der Waals surface area contributed by atoms with Crippen LogP contribution in [0.25, 0.3) is 0 Å². The fraction of sp³-hybridized carbons (Fsp3) is 0.182. The van der Waals surface area contributed by atoms with Gasteiger partial charge < -0.3 is 10.4 Å². The van der Waals surface area contributed by atoms with Gasteiger partial charge in [-0.25, -0.2) is 14.8 Å². The van der Waals surface area contributed by atoms with E-state index in [1.165, 1.54) is 12.5 Å². The molecule has 0 aromatic carbocycles. The predicted molar refractivity (Wildman–Crippen MR) is 61.6 cm³/mol. The van der Waals surface area contributed by atoms with Gasteiger partial charge in [0.2, 0.25) is 0 Å². The van der Waals surface area contributed by atoms with Gasteiger partial charge in [-0.1, -0.05) is 0 Å². The Morgan fingerprint density at radius 2 is 2.28 bits per heavy atom. The van der Waals surface area contributed by atoms with Crippen LogP contribution in [0.3, 0.4) is 0 Å². The zero-order chi connectivity index (χ0) is 12.8. The largest absolute Gasteiger partial charge is 0.478 e. The summed E-state index contributed by atoms with van der Waals surface area (Å²) in [5, 5.41) is 19.7. The number of carbonyl (C=O) groups is 1. The normalized spacial score (nSPS) is 10.2. The highest BCUT2D eigenvalue weighted by molar-refractivity contribution is 5.88. The number of rotatable bonds is 5. The molecule has 0 spiro atoms. The molecule has 0 aliphatic heterocycles. The van der Waals surface area contributed by atoms with E-state index in [1.807, 2.05) is 6.07 Å². The van der Waals surface area contributed by atoms with Crippen molar-refractivity contribution in [2.45, 2.75) is 13.1 Å². The van der Waals surface area contributed by atoms with Gasteiger partial charge in [0.1, 0.15) is 11.9 Å². The van der Waals surface area contributed by atoms with Crippen molar-refractivity contribution in [1.29, 1.82) is 0 Å². The Labute approximate surface area is 103 Å². The summed E-state index contributed by atoms with van der Waals surface area (Å²) in [7, 11) is 0. The lowest BCUT2D eigenvalue weighted by molar-refractivity contribution is 0.0694. The van der Waals surface area contributed by atoms with Crippen molar-refractivity contribution in [3.63, 3.8) is 0 Å². The molecule has 2 aromatic rings. The standard InChI is InChI=1S/C11H11N5O2/c17-11(18)9-5-13-7-14-10(9)6-12-4-8-2-1-3-15-16-8/h1-3,5,7,12H,4,6H2,(H,17,18). The molecule has 0 saturated carbocycles. The topological polar surface area (TPSA) is 101 Å². The Morgan fingerprint density at radius 3 is 3.00 bits per heavy atom. The number of aromatic nitrogens is 4. The monoisotopic (exact) mass is 245 g/mol. The average molecular weight is 245 g/mol. The van der Waals surface area contributed by atoms with Crippen LogP contribution in [0, 0.1) is 0 Å². The molecule has 0 bridgehead atoms. The van der Waals surface area contributed by atoms with Crippen molar-refractivity contribution >= 4 is 5.97 Å². The Bertz CT molecular complexity index is 532. The summed E-state index contributed by atoms with van der Waals surface area (Å²) in [6.07, 6.45) is 4.21. The van der Waals surface area contributed by atoms with Crippen LogP contribution in [0.5, 0.6) is 0 Å². The second-order valence-electron chi connectivity index (χ2n) is 3.51. The molecule has 0 aliphatic rings. The van der Waals surface area contributed by atoms with Crippen molar-refractivity contribution in [2.24, 2.45) is 0 Å². The van der Waals surface area contributed by atoms with E-state index in [0.717, 1.165) is 5.69 Å². The number of hydrogen-bond acceptors (Lipinski definition) is 6. The van der Waals surface area contributed by atoms with E-state index in [4.69, 9.17) is 5.11 Å². The van der Waals surface area contributed by atoms with Crippen molar-refractivity contribution in [3.05, 3.63) is 47.8 Å². The third kappa shape index (κ3) is 3.05. The first kappa shape index (κ1) is 12.1. The molecule has 0 radical (unpaired) electrons. The number of carboxylic acids is 1. The van der Waals surface area contributed by atoms with Crippen LogP contribution in [-0.2, 0) is 13.1 Å². The van der Waals surface area contributed by atoms with Crippen LogP contribution in [0.1, 0.15) is 21.7 Å². The molecule has 18 heavy (non-hydrogen) atoms. The second kappa shape index (κ2) is 5.78. The minimum Gasteiger partial charge on any atom is -0.478 e. The molecular weight excluding hydrogens is 234 g/mol. The van der Waals surface area contributed by atoms with Crippen molar-refractivity contribution in [3.8, 4) is 0 Å². The van der Waals surface area contributed by atoms with Gasteiger partial charge in [0.25, 0.3) is 0 Å². The van der Waals surface area contributed by atoms with Crippen LogP contribution in [0.15, 0.2) is 30.9 Å². The summed E-state index contributed by atoms with van der Waals surface area (Å²) in [4.78, 5) is 18.6. The lowest BCUT2D eigenvalue weighted by Crippen LogP contribution is -2.17. The summed E-state index contributed by atoms with van der Waals surface area (Å²) in [6, 6.07) is 3.62. The van der Waals surface area contributed by atoms with E-state index in [2.05, 4.69) is 25.5 Å². The molecule has 0 saturated heterocycles. The first-order chi connectivity index (χ1) is 8.77. The van der Waals surface area contributed by atoms with E-state index in [9.17, 15) is 4.79 Å². The Morgan fingerprint density at radius 1 is 1.39 bits per heavy atom. The van der Waals surface area contributed by atoms with Crippen LogP contribution < -0.4 is 5.32 Å². The van der Waals surface area contributed by atoms with E-state index >= 15 is 0 Å². The van der Waals surface area contributed by atoms with Gasteiger partial charge in [0.15, 0.2) is 0 Å². The van der Waals surface area contributed by atoms with Crippen LogP contribution in [0.2, 0.25) is 0 Å². The van der Waals surface area contributed by atoms with E-state index in [1.54, 1.807) is 12.3 Å². The molecule has 0 fully saturated rings. The molecule has 7 nitrogen and oxygen atoms in total. The van der Waals surface area contributed by atoms with Crippen LogP contribution >= 0.6 is 0 Å². The minimum atomic E-state index is -1.04. The molecule has 0 amide bonds. The van der Waals surface area contributed by atoms with Gasteiger partial charge in [-0.05, 0) is 12.1 Å². The highest BCUT2D eigenvalue weighted by Crippen LogP contribution is 2.03. The Hall–Kier alpha value is -2.41. The van der Waals surface area contributed by atoms with Gasteiger partial charge in [-0.3, -0.25) is 0 Å². The molecule has 2 rings (SSSR count). The summed E-state index contributed by atoms with van der Waals surface area (Å²) in [5.41, 5.74) is 1.33. The fourth-order valence-corrected chi connectivity index (χ4v) is 1.41. The van der Waals surface area contributed by atoms with Gasteiger partial charge in [0.05, 0.1) is 11.4 Å². The molecule has 0 atom stereocenters. The maximum atomic E-state index is 10.9. The quantitative estimate of drug-likeness (QED) is 0.778. The number of hydrogen-bond donors (Lipinski definition) is 2. The predicted octanol–water partition coefficient (Wildman–Crippen LogP) is 0.255. The molecule has 2 aromatic heterocycles. The van der Waals surface area contributed by atoms with Crippen LogP contribution in [-0.4, -0.2) is 31.2 Å². The van der Waals surface area contributed by atoms with E-state index in [0.29, 0.717) is 18.8 Å². The number of nitrogens with zero attached hydrogens (tertiary/aromatic N) is 4. The molecule has 2 N–H and O–H groups in total. The van der Waals surface area contributed by atoms with Crippen molar-refractivity contribution < 1.29 is 9.90 Å². The molecular formula is C11H11N5O2. The Kier molecular flexibility index (Phi) is 3.87. The molecule has 2 heterocycles. The maximum absolute atomic E-state index is 10.9. The van der Waals surface area contributed by atoms with E-state index < -0.39 is 5.97 Å². The molecule has 92 valence electrons. The lowest BCUT2D eigenvalue weighted by atomic mass is 10.2. The number of carboxylic acid groups (broad SMARTS) is 1. The van der Waals surface area contributed by atoms with Gasteiger partial charge in [-0.15, -0.1) is 0 Å². The zero-order valence-electron chi connectivity index (χ0n) is 9.45. The smallest absolute Gasteiger partial charge is 0.339 e. The summed E-state index contributed by atoms with van der Waals surface area (Å²) >= 11 is 0. The van der Waals surface area contributed by atoms with Crippen LogP contribution in [0.4, 0.5) is 0 Å². The molecule has 0 unspecified atom stereocenters. The summed E-state index contributed by atoms with van der Waals surface area (Å²) in [6.45, 7) is 0.831. The molecule has 7 heteroatoms. The van der Waals surface area contributed by atoms with Gasteiger partial charge in [-0.2, -0.15) is 10.2 Å².